The number of pyridine rings is 1. The van der Waals surface area contributed by atoms with Gasteiger partial charge in [0.25, 0.3) is 10.0 Å². The molecule has 0 saturated carbocycles. The highest BCUT2D eigenvalue weighted by Crippen LogP contribution is 2.25. The highest BCUT2D eigenvalue weighted by Gasteiger charge is 2.34. The number of hydrogen-bond acceptors (Lipinski definition) is 6. The number of hydrogen-bond donors (Lipinski definition) is 2. The third kappa shape index (κ3) is 2.32. The zero-order valence-electron chi connectivity index (χ0n) is 10.0. The third-order valence-corrected chi connectivity index (χ3v) is 4.78. The molecule has 0 amide bonds. The van der Waals surface area contributed by atoms with Gasteiger partial charge in [-0.15, -0.1) is 0 Å². The molecule has 1 unspecified atom stereocenters. The first-order chi connectivity index (χ1) is 8.59. The molecule has 2 rings (SSSR count). The van der Waals surface area contributed by atoms with Crippen molar-refractivity contribution in [1.82, 2.24) is 9.29 Å². The lowest BCUT2D eigenvalue weighted by atomic mass is 10.3. The van der Waals surface area contributed by atoms with Crippen LogP contribution in [0.3, 0.4) is 0 Å². The first kappa shape index (κ1) is 13.2. The summed E-state index contributed by atoms with van der Waals surface area (Å²) in [7, 11) is -2.05. The lowest BCUT2D eigenvalue weighted by Crippen LogP contribution is -2.31. The largest absolute Gasteiger partial charge is 0.380 e. The van der Waals surface area contributed by atoms with E-state index in [4.69, 9.17) is 10.6 Å². The van der Waals surface area contributed by atoms with Crippen molar-refractivity contribution >= 4 is 15.7 Å². The summed E-state index contributed by atoms with van der Waals surface area (Å²) < 4.78 is 31.3. The van der Waals surface area contributed by atoms with Crippen LogP contribution in [0.5, 0.6) is 0 Å². The molecule has 0 aliphatic carbocycles. The van der Waals surface area contributed by atoms with Gasteiger partial charge >= 0.3 is 0 Å². The third-order valence-electron chi connectivity index (χ3n) is 2.95. The predicted molar refractivity (Wildman–Crippen MR) is 66.2 cm³/mol. The summed E-state index contributed by atoms with van der Waals surface area (Å²) >= 11 is 0. The highest BCUT2D eigenvalue weighted by molar-refractivity contribution is 7.89. The molecule has 1 atom stereocenters. The molecule has 0 bridgehead atoms. The number of rotatable bonds is 4. The Morgan fingerprint density at radius 3 is 3.00 bits per heavy atom. The minimum Gasteiger partial charge on any atom is -0.380 e. The molecule has 8 heteroatoms. The smallest absolute Gasteiger partial charge is 0.262 e. The van der Waals surface area contributed by atoms with Gasteiger partial charge in [0.1, 0.15) is 0 Å². The SMILES string of the molecule is COC1CCN(S(=O)(=O)c2ncccc2NN)C1. The molecule has 2 heterocycles. The molecule has 1 aromatic rings. The number of aromatic nitrogens is 1. The van der Waals surface area contributed by atoms with Crippen LogP contribution in [0.15, 0.2) is 23.4 Å². The molecule has 1 aliphatic heterocycles. The Balaban J connectivity index is 2.31. The normalized spacial score (nSPS) is 21.1. The fourth-order valence-electron chi connectivity index (χ4n) is 1.94. The second-order valence-corrected chi connectivity index (χ2v) is 5.86. The quantitative estimate of drug-likeness (QED) is 0.581. The van der Waals surface area contributed by atoms with E-state index in [0.29, 0.717) is 25.2 Å². The van der Waals surface area contributed by atoms with Crippen LogP contribution in [-0.2, 0) is 14.8 Å². The molecule has 0 aromatic carbocycles. The van der Waals surface area contributed by atoms with Gasteiger partial charge in [0.2, 0.25) is 0 Å². The Hall–Kier alpha value is -1.22. The maximum absolute atomic E-state index is 12.4. The van der Waals surface area contributed by atoms with Crippen molar-refractivity contribution in [2.75, 3.05) is 25.6 Å². The second kappa shape index (κ2) is 5.19. The Bertz CT molecular complexity index is 520. The van der Waals surface area contributed by atoms with Crippen molar-refractivity contribution in [3.8, 4) is 0 Å². The van der Waals surface area contributed by atoms with Crippen LogP contribution >= 0.6 is 0 Å². The van der Waals surface area contributed by atoms with Crippen LogP contribution in [0.25, 0.3) is 0 Å². The molecular weight excluding hydrogens is 256 g/mol. The zero-order valence-corrected chi connectivity index (χ0v) is 10.9. The molecule has 0 radical (unpaired) electrons. The van der Waals surface area contributed by atoms with Crippen molar-refractivity contribution in [3.05, 3.63) is 18.3 Å². The van der Waals surface area contributed by atoms with Gasteiger partial charge in [-0.05, 0) is 18.6 Å². The second-order valence-electron chi connectivity index (χ2n) is 4.01. The number of nitrogen functional groups attached to an aromatic ring is 1. The number of ether oxygens (including phenoxy) is 1. The lowest BCUT2D eigenvalue weighted by Gasteiger charge is -2.17. The van der Waals surface area contributed by atoms with E-state index in [-0.39, 0.29) is 11.1 Å². The average Bonchev–Trinajstić information content (AvgIpc) is 2.88. The molecular formula is C10H16N4O3S. The van der Waals surface area contributed by atoms with Crippen LogP contribution in [0.4, 0.5) is 5.69 Å². The van der Waals surface area contributed by atoms with E-state index in [1.54, 1.807) is 19.2 Å². The Kier molecular flexibility index (Phi) is 3.81. The monoisotopic (exact) mass is 272 g/mol. The standard InChI is InChI=1S/C10H16N4O3S/c1-17-8-4-6-14(7-8)18(15,16)10-9(13-11)3-2-5-12-10/h2-3,5,8,13H,4,6-7,11H2,1H3. The Morgan fingerprint density at radius 1 is 1.61 bits per heavy atom. The minimum absolute atomic E-state index is 0.0516. The molecule has 1 fully saturated rings. The fraction of sp³-hybridized carbons (Fsp3) is 0.500. The topological polar surface area (TPSA) is 97.5 Å². The highest BCUT2D eigenvalue weighted by atomic mass is 32.2. The van der Waals surface area contributed by atoms with E-state index in [1.165, 1.54) is 10.5 Å². The molecule has 100 valence electrons. The maximum atomic E-state index is 12.4. The summed E-state index contributed by atoms with van der Waals surface area (Å²) in [6.45, 7) is 0.779. The number of nitrogens with two attached hydrogens (primary N) is 1. The van der Waals surface area contributed by atoms with Crippen LogP contribution in [0.1, 0.15) is 6.42 Å². The Morgan fingerprint density at radius 2 is 2.39 bits per heavy atom. The first-order valence-electron chi connectivity index (χ1n) is 5.54. The lowest BCUT2D eigenvalue weighted by molar-refractivity contribution is 0.115. The molecule has 0 spiro atoms. The van der Waals surface area contributed by atoms with E-state index in [0.717, 1.165) is 0 Å². The van der Waals surface area contributed by atoms with E-state index < -0.39 is 10.0 Å². The van der Waals surface area contributed by atoms with Gasteiger partial charge in [-0.3, -0.25) is 5.84 Å². The van der Waals surface area contributed by atoms with Gasteiger partial charge in [0.05, 0.1) is 11.8 Å². The first-order valence-corrected chi connectivity index (χ1v) is 6.98. The van der Waals surface area contributed by atoms with Crippen LogP contribution in [-0.4, -0.2) is 44.0 Å². The Labute approximate surface area is 106 Å². The van der Waals surface area contributed by atoms with Crippen LogP contribution in [0, 0.1) is 0 Å². The summed E-state index contributed by atoms with van der Waals surface area (Å²) in [5, 5.41) is -0.0516. The van der Waals surface area contributed by atoms with Crippen molar-refractivity contribution in [3.63, 3.8) is 0 Å². The minimum atomic E-state index is -3.62. The molecule has 1 aromatic heterocycles. The van der Waals surface area contributed by atoms with Gasteiger partial charge in [-0.25, -0.2) is 13.4 Å². The van der Waals surface area contributed by atoms with Crippen molar-refractivity contribution in [2.45, 2.75) is 17.6 Å². The number of anilines is 1. The summed E-state index contributed by atoms with van der Waals surface area (Å²) in [6.07, 6.45) is 2.06. The van der Waals surface area contributed by atoms with Crippen molar-refractivity contribution in [1.29, 1.82) is 0 Å². The molecule has 1 aliphatic rings. The number of methoxy groups -OCH3 is 1. The van der Waals surface area contributed by atoms with Gasteiger partial charge in [0.15, 0.2) is 5.03 Å². The summed E-state index contributed by atoms with van der Waals surface area (Å²) in [6, 6.07) is 3.19. The van der Waals surface area contributed by atoms with Gasteiger partial charge in [-0.1, -0.05) is 0 Å². The van der Waals surface area contributed by atoms with E-state index >= 15 is 0 Å². The molecule has 3 N–H and O–H groups in total. The van der Waals surface area contributed by atoms with Gasteiger partial charge in [0, 0.05) is 26.4 Å². The number of hydrazine groups is 1. The number of nitrogens with zero attached hydrogens (tertiary/aromatic N) is 2. The van der Waals surface area contributed by atoms with E-state index in [2.05, 4.69) is 10.4 Å². The predicted octanol–water partition coefficient (Wildman–Crippen LogP) is -0.223. The molecule has 18 heavy (non-hydrogen) atoms. The fourth-order valence-corrected chi connectivity index (χ4v) is 3.49. The molecule has 1 saturated heterocycles. The number of nitrogens with one attached hydrogen (secondary N) is 1. The van der Waals surface area contributed by atoms with Crippen molar-refractivity contribution < 1.29 is 13.2 Å². The van der Waals surface area contributed by atoms with Crippen LogP contribution in [0.2, 0.25) is 0 Å². The summed E-state index contributed by atoms with van der Waals surface area (Å²) in [5.74, 6) is 5.30. The summed E-state index contributed by atoms with van der Waals surface area (Å²) in [4.78, 5) is 3.90. The molecule has 7 nitrogen and oxygen atoms in total. The average molecular weight is 272 g/mol. The maximum Gasteiger partial charge on any atom is 0.262 e. The van der Waals surface area contributed by atoms with Gasteiger partial charge < -0.3 is 10.2 Å². The van der Waals surface area contributed by atoms with Gasteiger partial charge in [-0.2, -0.15) is 4.31 Å². The van der Waals surface area contributed by atoms with E-state index in [9.17, 15) is 8.42 Å². The van der Waals surface area contributed by atoms with Crippen molar-refractivity contribution in [2.24, 2.45) is 5.84 Å². The van der Waals surface area contributed by atoms with Crippen LogP contribution < -0.4 is 11.3 Å². The zero-order chi connectivity index (χ0) is 13.2. The summed E-state index contributed by atoms with van der Waals surface area (Å²) in [5.41, 5.74) is 2.64. The van der Waals surface area contributed by atoms with E-state index in [1.807, 2.05) is 0 Å². The number of sulfonamides is 1.